The van der Waals surface area contributed by atoms with Gasteiger partial charge in [-0.25, -0.2) is 0 Å². The third-order valence-corrected chi connectivity index (χ3v) is 3.10. The Morgan fingerprint density at radius 2 is 2.47 bits per heavy atom. The van der Waals surface area contributed by atoms with Crippen LogP contribution in [0.5, 0.6) is 0 Å². The van der Waals surface area contributed by atoms with E-state index in [1.807, 2.05) is 12.3 Å². The molecular weight excluding hydrogens is 186 g/mol. The normalized spacial score (nSPS) is 21.1. The number of hydrogen-bond acceptors (Lipinski definition) is 3. The van der Waals surface area contributed by atoms with Gasteiger partial charge in [-0.15, -0.1) is 0 Å². The van der Waals surface area contributed by atoms with Crippen molar-refractivity contribution in [3.8, 4) is 0 Å². The fraction of sp³-hybridized carbons (Fsp3) is 0.583. The monoisotopic (exact) mass is 205 g/mol. The maximum Gasteiger partial charge on any atom is 0.0416 e. The number of pyridine rings is 1. The van der Waals surface area contributed by atoms with Crippen LogP contribution in [0.25, 0.3) is 0 Å². The number of aromatic nitrogens is 1. The predicted molar refractivity (Wildman–Crippen MR) is 61.8 cm³/mol. The average molecular weight is 205 g/mol. The summed E-state index contributed by atoms with van der Waals surface area (Å²) >= 11 is 0. The second-order valence-corrected chi connectivity index (χ2v) is 4.20. The van der Waals surface area contributed by atoms with Crippen LogP contribution in [0.3, 0.4) is 0 Å². The van der Waals surface area contributed by atoms with Crippen molar-refractivity contribution in [1.29, 1.82) is 0 Å². The van der Waals surface area contributed by atoms with Gasteiger partial charge >= 0.3 is 0 Å². The summed E-state index contributed by atoms with van der Waals surface area (Å²) in [5, 5.41) is 3.39. The molecule has 82 valence electrons. The van der Waals surface area contributed by atoms with Crippen molar-refractivity contribution >= 4 is 0 Å². The maximum atomic E-state index is 4.34. The minimum absolute atomic E-state index is 0.716. The van der Waals surface area contributed by atoms with Gasteiger partial charge in [-0.3, -0.25) is 4.98 Å². The standard InChI is InChI=1S/C12H19N3/c1-15(12-5-8-13-10-12)9-6-11-4-2-3-7-14-11/h2-4,7,12-13H,5-6,8-10H2,1H3. The van der Waals surface area contributed by atoms with E-state index in [1.165, 1.54) is 18.7 Å². The molecule has 1 fully saturated rings. The summed E-state index contributed by atoms with van der Waals surface area (Å²) in [4.78, 5) is 6.77. The van der Waals surface area contributed by atoms with Crippen LogP contribution in [0, 0.1) is 0 Å². The first-order valence-corrected chi connectivity index (χ1v) is 5.67. The van der Waals surface area contributed by atoms with Gasteiger partial charge in [0.25, 0.3) is 0 Å². The molecule has 0 aromatic carbocycles. The number of nitrogens with one attached hydrogen (secondary N) is 1. The van der Waals surface area contributed by atoms with Crippen molar-refractivity contribution in [3.05, 3.63) is 30.1 Å². The summed E-state index contributed by atoms with van der Waals surface area (Å²) in [6.07, 6.45) is 4.19. The molecule has 0 bridgehead atoms. The first-order valence-electron chi connectivity index (χ1n) is 5.67. The van der Waals surface area contributed by atoms with E-state index in [4.69, 9.17) is 0 Å². The van der Waals surface area contributed by atoms with E-state index in [9.17, 15) is 0 Å². The van der Waals surface area contributed by atoms with Gasteiger partial charge in [0, 0.05) is 37.4 Å². The molecule has 0 amide bonds. The molecule has 2 rings (SSSR count). The molecule has 1 aromatic rings. The summed E-state index contributed by atoms with van der Waals surface area (Å²) in [5.41, 5.74) is 1.19. The van der Waals surface area contributed by atoms with Gasteiger partial charge in [0.05, 0.1) is 0 Å². The molecular formula is C12H19N3. The van der Waals surface area contributed by atoms with Crippen molar-refractivity contribution in [1.82, 2.24) is 15.2 Å². The van der Waals surface area contributed by atoms with Gasteiger partial charge in [-0.1, -0.05) is 6.07 Å². The Morgan fingerprint density at radius 1 is 1.53 bits per heavy atom. The first kappa shape index (κ1) is 10.6. The Hall–Kier alpha value is -0.930. The molecule has 0 radical (unpaired) electrons. The highest BCUT2D eigenvalue weighted by molar-refractivity contribution is 5.03. The van der Waals surface area contributed by atoms with Crippen molar-refractivity contribution in [2.45, 2.75) is 18.9 Å². The van der Waals surface area contributed by atoms with Crippen LogP contribution in [0.1, 0.15) is 12.1 Å². The van der Waals surface area contributed by atoms with Gasteiger partial charge in [0.1, 0.15) is 0 Å². The average Bonchev–Trinajstić information content (AvgIpc) is 2.81. The molecule has 1 aliphatic heterocycles. The van der Waals surface area contributed by atoms with Gasteiger partial charge in [-0.05, 0) is 32.1 Å². The van der Waals surface area contributed by atoms with Crippen molar-refractivity contribution in [2.24, 2.45) is 0 Å². The van der Waals surface area contributed by atoms with Crippen molar-refractivity contribution in [2.75, 3.05) is 26.7 Å². The summed E-state index contributed by atoms with van der Waals surface area (Å²) in [5.74, 6) is 0. The molecule has 15 heavy (non-hydrogen) atoms. The molecule has 1 aromatic heterocycles. The fourth-order valence-electron chi connectivity index (χ4n) is 2.04. The van der Waals surface area contributed by atoms with E-state index in [1.54, 1.807) is 0 Å². The predicted octanol–water partition coefficient (Wildman–Crippen LogP) is 0.918. The molecule has 3 heteroatoms. The van der Waals surface area contributed by atoms with E-state index >= 15 is 0 Å². The summed E-state index contributed by atoms with van der Waals surface area (Å²) in [6, 6.07) is 6.84. The minimum Gasteiger partial charge on any atom is -0.315 e. The van der Waals surface area contributed by atoms with Crippen LogP contribution in [0.4, 0.5) is 0 Å². The second-order valence-electron chi connectivity index (χ2n) is 4.20. The highest BCUT2D eigenvalue weighted by Crippen LogP contribution is 2.06. The van der Waals surface area contributed by atoms with E-state index in [0.717, 1.165) is 19.5 Å². The quantitative estimate of drug-likeness (QED) is 0.792. The van der Waals surface area contributed by atoms with E-state index < -0.39 is 0 Å². The topological polar surface area (TPSA) is 28.2 Å². The maximum absolute atomic E-state index is 4.34. The lowest BCUT2D eigenvalue weighted by Gasteiger charge is -2.22. The van der Waals surface area contributed by atoms with Crippen molar-refractivity contribution in [3.63, 3.8) is 0 Å². The molecule has 0 spiro atoms. The van der Waals surface area contributed by atoms with Crippen LogP contribution in [0.2, 0.25) is 0 Å². The van der Waals surface area contributed by atoms with Gasteiger partial charge in [0.15, 0.2) is 0 Å². The summed E-state index contributed by atoms with van der Waals surface area (Å²) in [6.45, 7) is 3.40. The number of hydrogen-bond donors (Lipinski definition) is 1. The highest BCUT2D eigenvalue weighted by Gasteiger charge is 2.18. The molecule has 1 unspecified atom stereocenters. The first-order chi connectivity index (χ1) is 7.36. The molecule has 2 heterocycles. The molecule has 0 aliphatic carbocycles. The molecule has 3 nitrogen and oxygen atoms in total. The summed E-state index contributed by atoms with van der Waals surface area (Å²) < 4.78 is 0. The SMILES string of the molecule is CN(CCc1ccccn1)C1CCNC1. The van der Waals surface area contributed by atoms with Crippen LogP contribution in [0.15, 0.2) is 24.4 Å². The number of likely N-dealkylation sites (N-methyl/N-ethyl adjacent to an activating group) is 1. The molecule has 1 aliphatic rings. The Balaban J connectivity index is 1.77. The van der Waals surface area contributed by atoms with Gasteiger partial charge < -0.3 is 10.2 Å². The molecule has 1 atom stereocenters. The van der Waals surface area contributed by atoms with Crippen LogP contribution < -0.4 is 5.32 Å². The second kappa shape index (κ2) is 5.24. The Labute approximate surface area is 91.5 Å². The van der Waals surface area contributed by atoms with E-state index in [2.05, 4.69) is 34.4 Å². The fourth-order valence-corrected chi connectivity index (χ4v) is 2.04. The number of rotatable bonds is 4. The van der Waals surface area contributed by atoms with Crippen LogP contribution in [-0.2, 0) is 6.42 Å². The van der Waals surface area contributed by atoms with E-state index in [0.29, 0.717) is 6.04 Å². The Bertz CT molecular complexity index is 280. The van der Waals surface area contributed by atoms with Crippen LogP contribution in [-0.4, -0.2) is 42.6 Å². The van der Waals surface area contributed by atoms with Crippen LogP contribution >= 0.6 is 0 Å². The highest BCUT2D eigenvalue weighted by atomic mass is 15.2. The molecule has 0 saturated carbocycles. The molecule has 1 N–H and O–H groups in total. The minimum atomic E-state index is 0.716. The summed E-state index contributed by atoms with van der Waals surface area (Å²) in [7, 11) is 2.21. The zero-order valence-electron chi connectivity index (χ0n) is 9.32. The number of nitrogens with zero attached hydrogens (tertiary/aromatic N) is 2. The van der Waals surface area contributed by atoms with Gasteiger partial charge in [0.2, 0.25) is 0 Å². The lowest BCUT2D eigenvalue weighted by Crippen LogP contribution is -2.34. The largest absolute Gasteiger partial charge is 0.315 e. The van der Waals surface area contributed by atoms with Crippen molar-refractivity contribution < 1.29 is 0 Å². The Morgan fingerprint density at radius 3 is 3.13 bits per heavy atom. The smallest absolute Gasteiger partial charge is 0.0416 e. The zero-order valence-corrected chi connectivity index (χ0v) is 9.32. The third kappa shape index (κ3) is 3.01. The third-order valence-electron chi connectivity index (χ3n) is 3.10. The molecule has 1 saturated heterocycles. The lowest BCUT2D eigenvalue weighted by atomic mass is 10.2. The van der Waals surface area contributed by atoms with Gasteiger partial charge in [-0.2, -0.15) is 0 Å². The van der Waals surface area contributed by atoms with E-state index in [-0.39, 0.29) is 0 Å². The Kier molecular flexibility index (Phi) is 3.69. The zero-order chi connectivity index (χ0) is 10.5. The lowest BCUT2D eigenvalue weighted by molar-refractivity contribution is 0.259.